The van der Waals surface area contributed by atoms with Crippen molar-refractivity contribution < 1.29 is 14.8 Å². The number of nitro benzene ring substituents is 1. The minimum atomic E-state index is -1.07. The quantitative estimate of drug-likeness (QED) is 0.670. The lowest BCUT2D eigenvalue weighted by atomic mass is 9.92. The number of nitrogens with zero attached hydrogens (tertiary/aromatic N) is 2. The van der Waals surface area contributed by atoms with Gasteiger partial charge in [-0.15, -0.1) is 0 Å². The topological polar surface area (TPSA) is 83.7 Å². The second-order valence-corrected chi connectivity index (χ2v) is 5.78. The molecular formula is C13H14Cl2N2O4. The van der Waals surface area contributed by atoms with Gasteiger partial charge < -0.3 is 10.0 Å². The Labute approximate surface area is 131 Å². The van der Waals surface area contributed by atoms with E-state index < -0.39 is 16.4 Å². The van der Waals surface area contributed by atoms with Crippen molar-refractivity contribution in [1.82, 2.24) is 0 Å². The summed E-state index contributed by atoms with van der Waals surface area (Å²) >= 11 is 12.2. The molecule has 1 atom stereocenters. The number of carboxylic acids is 1. The van der Waals surface area contributed by atoms with Gasteiger partial charge in [-0.3, -0.25) is 10.1 Å². The molecule has 1 saturated heterocycles. The van der Waals surface area contributed by atoms with Crippen molar-refractivity contribution in [3.63, 3.8) is 0 Å². The average Bonchev–Trinajstić information content (AvgIpc) is 2.82. The summed E-state index contributed by atoms with van der Waals surface area (Å²) in [5.41, 5.74) is -0.931. The smallest absolute Gasteiger partial charge is 0.329 e. The van der Waals surface area contributed by atoms with Crippen LogP contribution in [0.4, 0.5) is 11.4 Å². The molecule has 6 nitrogen and oxygen atoms in total. The Morgan fingerprint density at radius 1 is 1.48 bits per heavy atom. The Balaban J connectivity index is 2.56. The van der Waals surface area contributed by atoms with Crippen LogP contribution in [0.15, 0.2) is 12.1 Å². The first-order chi connectivity index (χ1) is 9.83. The van der Waals surface area contributed by atoms with Crippen LogP contribution in [0.3, 0.4) is 0 Å². The summed E-state index contributed by atoms with van der Waals surface area (Å²) in [5, 5.41) is 20.6. The molecule has 21 heavy (non-hydrogen) atoms. The zero-order valence-electron chi connectivity index (χ0n) is 11.3. The zero-order chi connectivity index (χ0) is 15.8. The van der Waals surface area contributed by atoms with Crippen LogP contribution in [0.1, 0.15) is 26.2 Å². The first kappa shape index (κ1) is 15.9. The van der Waals surface area contributed by atoms with E-state index >= 15 is 0 Å². The van der Waals surface area contributed by atoms with Gasteiger partial charge in [-0.1, -0.05) is 30.1 Å². The van der Waals surface area contributed by atoms with Gasteiger partial charge in [0.2, 0.25) is 0 Å². The van der Waals surface area contributed by atoms with Gasteiger partial charge in [-0.05, 0) is 19.3 Å². The Bertz CT molecular complexity index is 585. The number of benzene rings is 1. The fourth-order valence-electron chi connectivity index (χ4n) is 2.86. The number of hydrogen-bond acceptors (Lipinski definition) is 4. The van der Waals surface area contributed by atoms with Crippen molar-refractivity contribution in [2.24, 2.45) is 0 Å². The molecule has 1 fully saturated rings. The second-order valence-electron chi connectivity index (χ2n) is 4.96. The average molecular weight is 333 g/mol. The number of halogens is 2. The van der Waals surface area contributed by atoms with E-state index in [1.165, 1.54) is 12.1 Å². The first-order valence-electron chi connectivity index (χ1n) is 6.48. The highest BCUT2D eigenvalue weighted by Gasteiger charge is 2.47. The Morgan fingerprint density at radius 3 is 2.48 bits per heavy atom. The molecule has 1 N–H and O–H groups in total. The van der Waals surface area contributed by atoms with Gasteiger partial charge in [-0.2, -0.15) is 0 Å². The van der Waals surface area contributed by atoms with Gasteiger partial charge in [0.05, 0.1) is 20.7 Å². The SMILES string of the molecule is CCC1(C(=O)O)CCCN1c1c(Cl)cc([N+](=O)[O-])cc1Cl. The van der Waals surface area contributed by atoms with Gasteiger partial charge in [0.1, 0.15) is 5.54 Å². The lowest BCUT2D eigenvalue weighted by molar-refractivity contribution is -0.384. The Morgan fingerprint density at radius 2 is 2.05 bits per heavy atom. The predicted octanol–water partition coefficient (Wildman–Crippen LogP) is 3.74. The van der Waals surface area contributed by atoms with Crippen LogP contribution >= 0.6 is 23.2 Å². The van der Waals surface area contributed by atoms with E-state index in [1.807, 2.05) is 0 Å². The summed E-state index contributed by atoms with van der Waals surface area (Å²) in [6.07, 6.45) is 1.58. The number of carboxylic acid groups (broad SMARTS) is 1. The highest BCUT2D eigenvalue weighted by molar-refractivity contribution is 6.39. The third-order valence-electron chi connectivity index (χ3n) is 3.95. The number of rotatable bonds is 4. The van der Waals surface area contributed by atoms with Gasteiger partial charge in [0.25, 0.3) is 5.69 Å². The number of anilines is 1. The molecule has 1 unspecified atom stereocenters. The molecule has 114 valence electrons. The van der Waals surface area contributed by atoms with Gasteiger partial charge >= 0.3 is 5.97 Å². The highest BCUT2D eigenvalue weighted by atomic mass is 35.5. The maximum absolute atomic E-state index is 11.7. The van der Waals surface area contributed by atoms with Crippen molar-refractivity contribution in [2.75, 3.05) is 11.4 Å². The fourth-order valence-corrected chi connectivity index (χ4v) is 3.54. The minimum absolute atomic E-state index is 0.0928. The molecule has 1 aliphatic rings. The van der Waals surface area contributed by atoms with Crippen LogP contribution in [0, 0.1) is 10.1 Å². The predicted molar refractivity (Wildman–Crippen MR) is 80.4 cm³/mol. The van der Waals surface area contributed by atoms with Crippen molar-refractivity contribution in [3.05, 3.63) is 32.3 Å². The van der Waals surface area contributed by atoms with E-state index in [0.29, 0.717) is 31.5 Å². The normalized spacial score (nSPS) is 21.6. The Hall–Kier alpha value is -1.53. The lowest BCUT2D eigenvalue weighted by Gasteiger charge is -2.36. The van der Waals surface area contributed by atoms with E-state index in [1.54, 1.807) is 11.8 Å². The maximum Gasteiger partial charge on any atom is 0.329 e. The van der Waals surface area contributed by atoms with E-state index in [9.17, 15) is 20.0 Å². The molecule has 0 aliphatic carbocycles. The zero-order valence-corrected chi connectivity index (χ0v) is 12.8. The maximum atomic E-state index is 11.7. The number of hydrogen-bond donors (Lipinski definition) is 1. The van der Waals surface area contributed by atoms with Gasteiger partial charge in [-0.25, -0.2) is 4.79 Å². The van der Waals surface area contributed by atoms with E-state index in [-0.39, 0.29) is 15.7 Å². The van der Waals surface area contributed by atoms with Crippen molar-refractivity contribution in [3.8, 4) is 0 Å². The third-order valence-corrected chi connectivity index (χ3v) is 4.53. The number of non-ortho nitro benzene ring substituents is 1. The van der Waals surface area contributed by atoms with Crippen molar-refractivity contribution >= 4 is 40.5 Å². The molecule has 1 aliphatic heterocycles. The first-order valence-corrected chi connectivity index (χ1v) is 7.23. The van der Waals surface area contributed by atoms with E-state index in [2.05, 4.69) is 0 Å². The van der Waals surface area contributed by atoms with Crippen LogP contribution in [0.2, 0.25) is 10.0 Å². The van der Waals surface area contributed by atoms with E-state index in [0.717, 1.165) is 0 Å². The molecule has 0 aromatic heterocycles. The van der Waals surface area contributed by atoms with Crippen molar-refractivity contribution in [2.45, 2.75) is 31.7 Å². The van der Waals surface area contributed by atoms with Crippen LogP contribution in [0.25, 0.3) is 0 Å². The fraction of sp³-hybridized carbons (Fsp3) is 0.462. The second kappa shape index (κ2) is 5.69. The summed E-state index contributed by atoms with van der Waals surface area (Å²) in [7, 11) is 0. The summed E-state index contributed by atoms with van der Waals surface area (Å²) in [5.74, 6) is -0.937. The van der Waals surface area contributed by atoms with Gasteiger partial charge in [0, 0.05) is 18.7 Å². The minimum Gasteiger partial charge on any atom is -0.479 e. The molecule has 0 radical (unpaired) electrons. The molecule has 1 heterocycles. The molecule has 1 aromatic carbocycles. The number of nitro groups is 1. The molecule has 0 bridgehead atoms. The number of carbonyl (C=O) groups is 1. The van der Waals surface area contributed by atoms with Crippen molar-refractivity contribution in [1.29, 1.82) is 0 Å². The van der Waals surface area contributed by atoms with Crippen LogP contribution in [0.5, 0.6) is 0 Å². The molecule has 2 rings (SSSR count). The highest BCUT2D eigenvalue weighted by Crippen LogP contribution is 2.45. The molecule has 0 amide bonds. The monoisotopic (exact) mass is 332 g/mol. The molecule has 0 spiro atoms. The summed E-state index contributed by atoms with van der Waals surface area (Å²) in [4.78, 5) is 23.6. The largest absolute Gasteiger partial charge is 0.479 e. The van der Waals surface area contributed by atoms with Crippen LogP contribution in [-0.4, -0.2) is 28.1 Å². The summed E-state index contributed by atoms with van der Waals surface area (Å²) in [6, 6.07) is 2.40. The molecule has 1 aromatic rings. The third kappa shape index (κ3) is 2.53. The summed E-state index contributed by atoms with van der Waals surface area (Å²) < 4.78 is 0. The van der Waals surface area contributed by atoms with E-state index in [4.69, 9.17) is 23.2 Å². The summed E-state index contributed by atoms with van der Waals surface area (Å²) in [6.45, 7) is 2.29. The Kier molecular flexibility index (Phi) is 4.30. The molecule has 8 heteroatoms. The lowest BCUT2D eigenvalue weighted by Crippen LogP contribution is -2.50. The standard InChI is InChI=1S/C13H14Cl2N2O4/c1-2-13(12(18)19)4-3-5-16(13)11-9(14)6-8(17(20)21)7-10(11)15/h6-7H,2-5H2,1H3,(H,18,19). The van der Waals surface area contributed by atoms with Crippen LogP contribution in [-0.2, 0) is 4.79 Å². The molecule has 0 saturated carbocycles. The van der Waals surface area contributed by atoms with Crippen LogP contribution < -0.4 is 4.90 Å². The number of aliphatic carboxylic acids is 1. The van der Waals surface area contributed by atoms with Gasteiger partial charge in [0.15, 0.2) is 0 Å². The molecular weight excluding hydrogens is 319 g/mol.